The van der Waals surface area contributed by atoms with E-state index in [1.165, 1.54) is 16.7 Å². The van der Waals surface area contributed by atoms with Crippen LogP contribution in [0.15, 0.2) is 42.5 Å². The van der Waals surface area contributed by atoms with Crippen LogP contribution in [0, 0.1) is 0 Å². The maximum Gasteiger partial charge on any atom is 0.310 e. The maximum absolute atomic E-state index is 11.3. The Morgan fingerprint density at radius 2 is 2.00 bits per heavy atom. The molecule has 2 aromatic carbocycles. The van der Waals surface area contributed by atoms with E-state index in [2.05, 4.69) is 18.2 Å². The van der Waals surface area contributed by atoms with Gasteiger partial charge >= 0.3 is 5.97 Å². The fraction of sp³-hybridized carbons (Fsp3) is 0.278. The molecule has 3 heteroatoms. The zero-order valence-corrected chi connectivity index (χ0v) is 12.0. The van der Waals surface area contributed by atoms with Crippen molar-refractivity contribution >= 4 is 5.97 Å². The van der Waals surface area contributed by atoms with E-state index in [1.807, 2.05) is 24.3 Å². The smallest absolute Gasteiger partial charge is 0.310 e. The molecule has 0 saturated carbocycles. The summed E-state index contributed by atoms with van der Waals surface area (Å²) in [5.74, 6) is -0.200. The van der Waals surface area contributed by atoms with Gasteiger partial charge < -0.3 is 9.84 Å². The van der Waals surface area contributed by atoms with Crippen molar-refractivity contribution in [3.63, 3.8) is 0 Å². The summed E-state index contributed by atoms with van der Waals surface area (Å²) in [6.45, 7) is 0. The second-order valence-corrected chi connectivity index (χ2v) is 5.44. The van der Waals surface area contributed by atoms with E-state index in [-0.39, 0.29) is 5.92 Å². The number of benzene rings is 2. The third kappa shape index (κ3) is 2.64. The standard InChI is InChI=1S/C18H18O3/c1-21-14-7-5-12(6-8-14)11-13-3-2-4-16-15(13)9-10-17(16)18(19)20/h2-8,17H,9-11H2,1H3,(H,19,20). The van der Waals surface area contributed by atoms with Gasteiger partial charge in [0.05, 0.1) is 13.0 Å². The summed E-state index contributed by atoms with van der Waals surface area (Å²) in [5.41, 5.74) is 4.67. The first-order valence-electron chi connectivity index (χ1n) is 7.15. The van der Waals surface area contributed by atoms with E-state index < -0.39 is 5.97 Å². The molecule has 0 aromatic heterocycles. The normalized spacial score (nSPS) is 16.5. The average Bonchev–Trinajstić information content (AvgIpc) is 2.93. The first kappa shape index (κ1) is 13.7. The van der Waals surface area contributed by atoms with E-state index in [1.54, 1.807) is 7.11 Å². The zero-order valence-electron chi connectivity index (χ0n) is 12.0. The molecule has 0 fully saturated rings. The molecular formula is C18H18O3. The zero-order chi connectivity index (χ0) is 14.8. The predicted molar refractivity (Wildman–Crippen MR) is 80.9 cm³/mol. The number of aliphatic carboxylic acids is 1. The van der Waals surface area contributed by atoms with Crippen LogP contribution in [-0.4, -0.2) is 18.2 Å². The van der Waals surface area contributed by atoms with Crippen LogP contribution in [0.4, 0.5) is 0 Å². The summed E-state index contributed by atoms with van der Waals surface area (Å²) >= 11 is 0. The number of rotatable bonds is 4. The van der Waals surface area contributed by atoms with Crippen LogP contribution >= 0.6 is 0 Å². The monoisotopic (exact) mass is 282 g/mol. The predicted octanol–water partition coefficient (Wildman–Crippen LogP) is 3.40. The number of methoxy groups -OCH3 is 1. The number of carbonyl (C=O) groups is 1. The molecule has 0 radical (unpaired) electrons. The Labute approximate surface area is 124 Å². The second kappa shape index (κ2) is 5.60. The Bertz CT molecular complexity index is 659. The van der Waals surface area contributed by atoms with Gasteiger partial charge in [-0.15, -0.1) is 0 Å². The number of fused-ring (bicyclic) bond motifs is 1. The minimum atomic E-state index is -0.713. The van der Waals surface area contributed by atoms with Gasteiger partial charge in [0, 0.05) is 0 Å². The Kier molecular flexibility index (Phi) is 3.65. The van der Waals surface area contributed by atoms with E-state index in [9.17, 15) is 9.90 Å². The molecule has 1 N–H and O–H groups in total. The molecule has 108 valence electrons. The van der Waals surface area contributed by atoms with Gasteiger partial charge in [0.15, 0.2) is 0 Å². The first-order chi connectivity index (χ1) is 10.2. The quantitative estimate of drug-likeness (QED) is 0.935. The van der Waals surface area contributed by atoms with Gasteiger partial charge in [-0.2, -0.15) is 0 Å². The summed E-state index contributed by atoms with van der Waals surface area (Å²) in [6, 6.07) is 14.1. The van der Waals surface area contributed by atoms with Gasteiger partial charge in [0.2, 0.25) is 0 Å². The molecule has 0 amide bonds. The third-order valence-electron chi connectivity index (χ3n) is 4.22. The SMILES string of the molecule is COc1ccc(Cc2cccc3c2CCC3C(=O)O)cc1. The van der Waals surface area contributed by atoms with Crippen LogP contribution < -0.4 is 4.74 Å². The molecule has 3 rings (SSSR count). The highest BCUT2D eigenvalue weighted by Gasteiger charge is 2.29. The number of carboxylic acid groups (broad SMARTS) is 1. The second-order valence-electron chi connectivity index (χ2n) is 5.44. The van der Waals surface area contributed by atoms with Crippen molar-refractivity contribution < 1.29 is 14.6 Å². The fourth-order valence-electron chi connectivity index (χ4n) is 3.12. The molecule has 1 unspecified atom stereocenters. The van der Waals surface area contributed by atoms with Gasteiger partial charge in [-0.1, -0.05) is 30.3 Å². The molecule has 1 aliphatic rings. The third-order valence-corrected chi connectivity index (χ3v) is 4.22. The summed E-state index contributed by atoms with van der Waals surface area (Å²) in [4.78, 5) is 11.3. The van der Waals surface area contributed by atoms with Crippen molar-refractivity contribution in [1.82, 2.24) is 0 Å². The summed E-state index contributed by atoms with van der Waals surface area (Å²) < 4.78 is 5.17. The van der Waals surface area contributed by atoms with E-state index in [0.717, 1.165) is 24.2 Å². The van der Waals surface area contributed by atoms with Crippen LogP contribution in [0.2, 0.25) is 0 Å². The van der Waals surface area contributed by atoms with Crippen molar-refractivity contribution in [3.8, 4) is 5.75 Å². The molecule has 1 atom stereocenters. The molecule has 1 aliphatic carbocycles. The highest BCUT2D eigenvalue weighted by molar-refractivity contribution is 5.78. The van der Waals surface area contributed by atoms with Crippen molar-refractivity contribution in [2.24, 2.45) is 0 Å². The Morgan fingerprint density at radius 1 is 1.24 bits per heavy atom. The van der Waals surface area contributed by atoms with Crippen LogP contribution in [0.3, 0.4) is 0 Å². The molecule has 0 bridgehead atoms. The molecule has 2 aromatic rings. The van der Waals surface area contributed by atoms with Crippen LogP contribution in [0.25, 0.3) is 0 Å². The molecule has 3 nitrogen and oxygen atoms in total. The minimum Gasteiger partial charge on any atom is -0.497 e. The maximum atomic E-state index is 11.3. The van der Waals surface area contributed by atoms with E-state index in [4.69, 9.17) is 4.74 Å². The lowest BCUT2D eigenvalue weighted by Crippen LogP contribution is -2.07. The topological polar surface area (TPSA) is 46.5 Å². The van der Waals surface area contributed by atoms with Gasteiger partial charge in [-0.05, 0) is 53.6 Å². The van der Waals surface area contributed by atoms with Crippen LogP contribution in [-0.2, 0) is 17.6 Å². The van der Waals surface area contributed by atoms with E-state index in [0.29, 0.717) is 6.42 Å². The molecule has 0 aliphatic heterocycles. The van der Waals surface area contributed by atoms with Crippen molar-refractivity contribution in [2.45, 2.75) is 25.2 Å². The lowest BCUT2D eigenvalue weighted by Gasteiger charge is -2.10. The average molecular weight is 282 g/mol. The summed E-state index contributed by atoms with van der Waals surface area (Å²) in [7, 11) is 1.66. The number of hydrogen-bond donors (Lipinski definition) is 1. The van der Waals surface area contributed by atoms with Gasteiger partial charge in [-0.25, -0.2) is 0 Å². The van der Waals surface area contributed by atoms with Crippen LogP contribution in [0.5, 0.6) is 5.75 Å². The molecule has 0 spiro atoms. The fourth-order valence-corrected chi connectivity index (χ4v) is 3.12. The Balaban J connectivity index is 1.88. The van der Waals surface area contributed by atoms with Crippen molar-refractivity contribution in [3.05, 3.63) is 64.7 Å². The van der Waals surface area contributed by atoms with Crippen LogP contribution in [0.1, 0.15) is 34.6 Å². The molecule has 21 heavy (non-hydrogen) atoms. The summed E-state index contributed by atoms with van der Waals surface area (Å²) in [5, 5.41) is 9.28. The number of hydrogen-bond acceptors (Lipinski definition) is 2. The van der Waals surface area contributed by atoms with Gasteiger partial charge in [-0.3, -0.25) is 4.79 Å². The lowest BCUT2D eigenvalue weighted by molar-refractivity contribution is -0.138. The minimum absolute atomic E-state index is 0.337. The molecule has 0 saturated heterocycles. The Hall–Kier alpha value is -2.29. The van der Waals surface area contributed by atoms with E-state index >= 15 is 0 Å². The number of ether oxygens (including phenoxy) is 1. The summed E-state index contributed by atoms with van der Waals surface area (Å²) in [6.07, 6.45) is 2.41. The lowest BCUT2D eigenvalue weighted by atomic mass is 9.95. The van der Waals surface area contributed by atoms with Gasteiger partial charge in [0.1, 0.15) is 5.75 Å². The van der Waals surface area contributed by atoms with Gasteiger partial charge in [0.25, 0.3) is 0 Å². The molecular weight excluding hydrogens is 264 g/mol. The highest BCUT2D eigenvalue weighted by Crippen LogP contribution is 2.36. The molecule has 0 heterocycles. The highest BCUT2D eigenvalue weighted by atomic mass is 16.5. The van der Waals surface area contributed by atoms with Crippen molar-refractivity contribution in [1.29, 1.82) is 0 Å². The first-order valence-corrected chi connectivity index (χ1v) is 7.15. The largest absolute Gasteiger partial charge is 0.497 e. The Morgan fingerprint density at radius 3 is 2.67 bits per heavy atom. The number of carboxylic acids is 1. The van der Waals surface area contributed by atoms with Crippen molar-refractivity contribution in [2.75, 3.05) is 7.11 Å².